The van der Waals surface area contributed by atoms with Crippen LogP contribution in [0.5, 0.6) is 5.75 Å². The topological polar surface area (TPSA) is 66.5 Å². The van der Waals surface area contributed by atoms with E-state index in [1.165, 1.54) is 0 Å². The van der Waals surface area contributed by atoms with E-state index in [2.05, 4.69) is 27.6 Å². The second-order valence-corrected chi connectivity index (χ2v) is 7.21. The van der Waals surface area contributed by atoms with E-state index in [9.17, 15) is 4.79 Å². The number of piperidine rings is 1. The van der Waals surface area contributed by atoms with Crippen molar-refractivity contribution < 1.29 is 9.53 Å². The number of aromatic nitrogens is 1. The quantitative estimate of drug-likeness (QED) is 0.821. The molecule has 27 heavy (non-hydrogen) atoms. The molecular weight excluding hydrogens is 340 g/mol. The van der Waals surface area contributed by atoms with Crippen LogP contribution in [0.15, 0.2) is 48.8 Å². The van der Waals surface area contributed by atoms with Crippen molar-refractivity contribution in [1.82, 2.24) is 15.2 Å². The summed E-state index contributed by atoms with van der Waals surface area (Å²) in [6.07, 6.45) is 6.68. The summed E-state index contributed by atoms with van der Waals surface area (Å²) in [5.41, 5.74) is 1.84. The minimum atomic E-state index is -0.213. The van der Waals surface area contributed by atoms with Gasteiger partial charge in [0.15, 0.2) is 0 Å². The van der Waals surface area contributed by atoms with Gasteiger partial charge in [-0.05, 0) is 69.1 Å². The number of amides is 2. The lowest BCUT2D eigenvalue weighted by Crippen LogP contribution is -2.37. The third-order valence-electron chi connectivity index (χ3n) is 4.72. The number of benzene rings is 1. The summed E-state index contributed by atoms with van der Waals surface area (Å²) in [5.74, 6) is 0.848. The van der Waals surface area contributed by atoms with E-state index in [1.54, 1.807) is 6.20 Å². The molecule has 0 radical (unpaired) electrons. The number of rotatable bonds is 6. The van der Waals surface area contributed by atoms with Crippen LogP contribution in [-0.4, -0.2) is 48.2 Å². The van der Waals surface area contributed by atoms with Crippen LogP contribution in [0.2, 0.25) is 0 Å². The number of carbonyl (C=O) groups excluding carboxylic acids is 1. The Hall–Kier alpha value is -2.60. The van der Waals surface area contributed by atoms with Crippen molar-refractivity contribution in [3.8, 4) is 5.75 Å². The Morgan fingerprint density at radius 3 is 2.67 bits per heavy atom. The molecule has 3 rings (SSSR count). The monoisotopic (exact) mass is 368 g/mol. The van der Waals surface area contributed by atoms with E-state index in [1.807, 2.05) is 49.5 Å². The van der Waals surface area contributed by atoms with Gasteiger partial charge in [0, 0.05) is 37.2 Å². The first-order valence-electron chi connectivity index (χ1n) is 9.50. The molecular formula is C21H28N4O2. The Balaban J connectivity index is 1.44. The van der Waals surface area contributed by atoms with Crippen LogP contribution < -0.4 is 15.4 Å². The Labute approximate surface area is 160 Å². The number of hydrogen-bond acceptors (Lipinski definition) is 4. The van der Waals surface area contributed by atoms with Gasteiger partial charge in [0.05, 0.1) is 0 Å². The average molecular weight is 368 g/mol. The Morgan fingerprint density at radius 2 is 2.00 bits per heavy atom. The fourth-order valence-electron chi connectivity index (χ4n) is 3.23. The van der Waals surface area contributed by atoms with Crippen molar-refractivity contribution in [3.63, 3.8) is 0 Å². The molecule has 0 unspecified atom stereocenters. The van der Waals surface area contributed by atoms with Gasteiger partial charge in [-0.25, -0.2) is 4.79 Å². The highest BCUT2D eigenvalue weighted by molar-refractivity contribution is 5.89. The number of carbonyl (C=O) groups is 1. The van der Waals surface area contributed by atoms with Crippen LogP contribution in [0, 0.1) is 0 Å². The molecule has 6 heteroatoms. The molecule has 2 aromatic rings. The fourth-order valence-corrected chi connectivity index (χ4v) is 3.23. The van der Waals surface area contributed by atoms with Gasteiger partial charge in [0.1, 0.15) is 11.9 Å². The lowest BCUT2D eigenvalue weighted by atomic mass is 10.1. The summed E-state index contributed by atoms with van der Waals surface area (Å²) < 4.78 is 6.03. The zero-order valence-electron chi connectivity index (χ0n) is 16.0. The van der Waals surface area contributed by atoms with Gasteiger partial charge in [-0.3, -0.25) is 4.98 Å². The van der Waals surface area contributed by atoms with Crippen LogP contribution >= 0.6 is 0 Å². The Bertz CT molecular complexity index is 713. The van der Waals surface area contributed by atoms with Crippen molar-refractivity contribution in [2.45, 2.75) is 38.3 Å². The smallest absolute Gasteiger partial charge is 0.319 e. The second kappa shape index (κ2) is 9.37. The Kier molecular flexibility index (Phi) is 6.65. The molecule has 1 aliphatic heterocycles. The molecule has 0 saturated carbocycles. The number of ether oxygens (including phenoxy) is 1. The molecule has 144 valence electrons. The molecule has 2 heterocycles. The van der Waals surface area contributed by atoms with Crippen molar-refractivity contribution in [2.24, 2.45) is 0 Å². The van der Waals surface area contributed by atoms with Crippen molar-refractivity contribution in [1.29, 1.82) is 0 Å². The molecule has 2 amide bonds. The van der Waals surface area contributed by atoms with Gasteiger partial charge < -0.3 is 20.3 Å². The molecule has 1 aliphatic rings. The maximum atomic E-state index is 12.2. The van der Waals surface area contributed by atoms with E-state index in [4.69, 9.17) is 4.74 Å². The maximum Gasteiger partial charge on any atom is 0.319 e. The molecule has 2 N–H and O–H groups in total. The molecule has 0 aliphatic carbocycles. The zero-order valence-corrected chi connectivity index (χ0v) is 16.0. The molecule has 1 saturated heterocycles. The fraction of sp³-hybridized carbons (Fsp3) is 0.429. The number of anilines is 1. The average Bonchev–Trinajstić information content (AvgIpc) is 2.66. The van der Waals surface area contributed by atoms with E-state index < -0.39 is 0 Å². The lowest BCUT2D eigenvalue weighted by Gasteiger charge is -2.29. The number of pyridine rings is 1. The molecule has 0 spiro atoms. The third-order valence-corrected chi connectivity index (χ3v) is 4.72. The summed E-state index contributed by atoms with van der Waals surface area (Å²) in [5, 5.41) is 5.81. The normalized spacial score (nSPS) is 16.5. The van der Waals surface area contributed by atoms with Crippen LogP contribution in [-0.2, 0) is 6.42 Å². The molecule has 1 aromatic carbocycles. The number of likely N-dealkylation sites (tertiary alicyclic amines) is 1. The van der Waals surface area contributed by atoms with Crippen molar-refractivity contribution in [2.75, 3.05) is 25.5 Å². The van der Waals surface area contributed by atoms with Crippen molar-refractivity contribution in [3.05, 3.63) is 54.4 Å². The number of urea groups is 1. The van der Waals surface area contributed by atoms with Gasteiger partial charge in [0.2, 0.25) is 0 Å². The first-order chi connectivity index (χ1) is 13.1. The molecule has 0 bridgehead atoms. The van der Waals surface area contributed by atoms with E-state index >= 15 is 0 Å². The van der Waals surface area contributed by atoms with E-state index in [0.29, 0.717) is 0 Å². The number of nitrogens with zero attached hydrogens (tertiary/aromatic N) is 2. The van der Waals surface area contributed by atoms with E-state index in [0.717, 1.165) is 49.4 Å². The van der Waals surface area contributed by atoms with Crippen molar-refractivity contribution >= 4 is 11.7 Å². The minimum absolute atomic E-state index is 0.0150. The Morgan fingerprint density at radius 1 is 1.26 bits per heavy atom. The highest BCUT2D eigenvalue weighted by atomic mass is 16.5. The van der Waals surface area contributed by atoms with Crippen LogP contribution in [0.25, 0.3) is 0 Å². The standard InChI is InChI=1S/C21H28N4O2/c1-16(14-17-4-3-11-22-15-17)23-21(26)24-18-5-7-19(8-6-18)27-20-9-12-25(2)13-10-20/h3-8,11,15-16,20H,9-10,12-14H2,1-2H3,(H2,23,24,26)/t16-/m0/s1. The maximum absolute atomic E-state index is 12.2. The highest BCUT2D eigenvalue weighted by Gasteiger charge is 2.18. The minimum Gasteiger partial charge on any atom is -0.490 e. The molecule has 1 aromatic heterocycles. The summed E-state index contributed by atoms with van der Waals surface area (Å²) in [4.78, 5) is 18.6. The number of hydrogen-bond donors (Lipinski definition) is 2. The van der Waals surface area contributed by atoms with Crippen LogP contribution in [0.3, 0.4) is 0 Å². The number of nitrogens with one attached hydrogen (secondary N) is 2. The largest absolute Gasteiger partial charge is 0.490 e. The molecule has 6 nitrogen and oxygen atoms in total. The summed E-state index contributed by atoms with van der Waals surface area (Å²) >= 11 is 0. The summed E-state index contributed by atoms with van der Waals surface area (Å²) in [6.45, 7) is 4.12. The zero-order chi connectivity index (χ0) is 19.1. The van der Waals surface area contributed by atoms with Gasteiger partial charge >= 0.3 is 6.03 Å². The van der Waals surface area contributed by atoms with E-state index in [-0.39, 0.29) is 18.2 Å². The second-order valence-electron chi connectivity index (χ2n) is 7.21. The van der Waals surface area contributed by atoms with Gasteiger partial charge in [-0.1, -0.05) is 6.07 Å². The lowest BCUT2D eigenvalue weighted by molar-refractivity contribution is 0.114. The van der Waals surface area contributed by atoms with Crippen LogP contribution in [0.4, 0.5) is 10.5 Å². The van der Waals surface area contributed by atoms with Crippen LogP contribution in [0.1, 0.15) is 25.3 Å². The molecule has 1 fully saturated rings. The summed E-state index contributed by atoms with van der Waals surface area (Å²) in [6, 6.07) is 11.3. The first kappa shape index (κ1) is 19.2. The van der Waals surface area contributed by atoms with Gasteiger partial charge in [-0.15, -0.1) is 0 Å². The van der Waals surface area contributed by atoms with Gasteiger partial charge in [0.25, 0.3) is 0 Å². The first-order valence-corrected chi connectivity index (χ1v) is 9.50. The SMILES string of the molecule is C[C@@H](Cc1cccnc1)NC(=O)Nc1ccc(OC2CCN(C)CC2)cc1. The third kappa shape index (κ3) is 6.25. The highest BCUT2D eigenvalue weighted by Crippen LogP contribution is 2.20. The van der Waals surface area contributed by atoms with Gasteiger partial charge in [-0.2, -0.15) is 0 Å². The predicted molar refractivity (Wildman–Crippen MR) is 107 cm³/mol. The predicted octanol–water partition coefficient (Wildman–Crippen LogP) is 3.31. The summed E-state index contributed by atoms with van der Waals surface area (Å²) in [7, 11) is 2.14. The molecule has 1 atom stereocenters.